The molecule has 146 valence electrons. The molecule has 0 spiro atoms. The molecule has 24 heavy (non-hydrogen) atoms. The topological polar surface area (TPSA) is 113 Å². The zero-order valence-corrected chi connectivity index (χ0v) is 15.2. The summed E-state index contributed by atoms with van der Waals surface area (Å²) in [6, 6.07) is 0. The van der Waals surface area contributed by atoms with Crippen LogP contribution in [0.3, 0.4) is 0 Å². The van der Waals surface area contributed by atoms with Gasteiger partial charge in [0.05, 0.1) is 12.7 Å². The van der Waals surface area contributed by atoms with Gasteiger partial charge in [-0.25, -0.2) is 0 Å². The molecule has 6 nitrogen and oxygen atoms in total. The summed E-state index contributed by atoms with van der Waals surface area (Å²) in [6.07, 6.45) is 7.01. The lowest BCUT2D eigenvalue weighted by atomic mass is 10.0. The van der Waals surface area contributed by atoms with Crippen LogP contribution in [0.5, 0.6) is 0 Å². The maximum Gasteiger partial charge on any atom is 0.111 e. The second-order valence-electron chi connectivity index (χ2n) is 6.68. The predicted molar refractivity (Wildman–Crippen MR) is 95.8 cm³/mol. The number of rotatable bonds is 17. The lowest BCUT2D eigenvalue weighted by molar-refractivity contribution is -0.113. The molecule has 0 aromatic carbocycles. The van der Waals surface area contributed by atoms with Gasteiger partial charge in [0.15, 0.2) is 0 Å². The van der Waals surface area contributed by atoms with Gasteiger partial charge in [0.1, 0.15) is 18.3 Å². The van der Waals surface area contributed by atoms with Crippen molar-refractivity contribution in [3.63, 3.8) is 0 Å². The molecule has 0 aromatic heterocycles. The van der Waals surface area contributed by atoms with E-state index in [0.717, 1.165) is 19.4 Å². The van der Waals surface area contributed by atoms with Gasteiger partial charge >= 0.3 is 0 Å². The van der Waals surface area contributed by atoms with E-state index in [1.807, 2.05) is 0 Å². The molecule has 0 aliphatic carbocycles. The molecule has 6 heteroatoms. The summed E-state index contributed by atoms with van der Waals surface area (Å²) < 4.78 is 0. The van der Waals surface area contributed by atoms with E-state index in [-0.39, 0.29) is 6.54 Å². The van der Waals surface area contributed by atoms with Crippen molar-refractivity contribution in [2.24, 2.45) is 0 Å². The summed E-state index contributed by atoms with van der Waals surface area (Å²) in [6.45, 7) is 2.47. The first-order chi connectivity index (χ1) is 11.5. The minimum Gasteiger partial charge on any atom is -0.394 e. The van der Waals surface area contributed by atoms with Crippen LogP contribution in [0.1, 0.15) is 71.1 Å². The maximum atomic E-state index is 9.73. The van der Waals surface area contributed by atoms with E-state index in [1.165, 1.54) is 51.4 Å². The second kappa shape index (κ2) is 16.2. The highest BCUT2D eigenvalue weighted by Crippen LogP contribution is 2.10. The minimum absolute atomic E-state index is 0.147. The van der Waals surface area contributed by atoms with Crippen molar-refractivity contribution in [3.8, 4) is 0 Å². The van der Waals surface area contributed by atoms with Crippen LogP contribution in [0, 0.1) is 0 Å². The Hall–Kier alpha value is -0.240. The number of aliphatic hydroxyl groups excluding tert-OH is 5. The molecule has 0 saturated heterocycles. The van der Waals surface area contributed by atoms with Crippen molar-refractivity contribution >= 4 is 0 Å². The van der Waals surface area contributed by atoms with E-state index < -0.39 is 31.0 Å². The van der Waals surface area contributed by atoms with E-state index in [0.29, 0.717) is 0 Å². The summed E-state index contributed by atoms with van der Waals surface area (Å²) in [5, 5.41) is 49.9. The zero-order valence-electron chi connectivity index (χ0n) is 15.2. The summed E-state index contributed by atoms with van der Waals surface area (Å²) >= 11 is 0. The number of aliphatic hydroxyl groups is 5. The van der Waals surface area contributed by atoms with Gasteiger partial charge in [0.2, 0.25) is 0 Å². The molecular formula is C18H39NO5. The van der Waals surface area contributed by atoms with Crippen LogP contribution in [0.2, 0.25) is 0 Å². The van der Waals surface area contributed by atoms with Crippen molar-refractivity contribution in [1.82, 2.24) is 5.32 Å². The standard InChI is InChI=1S/C18H39NO5/c1-2-3-4-5-6-7-8-9-10-11-12-19-13-15(21)17(23)18(24)16(22)14-20/h15-24H,2-14H2,1H3/t15-,16-,17-,18-/m0/s1. The minimum atomic E-state index is -1.55. The molecule has 0 bridgehead atoms. The fourth-order valence-electron chi connectivity index (χ4n) is 2.67. The van der Waals surface area contributed by atoms with Gasteiger partial charge in [0, 0.05) is 6.54 Å². The first-order valence-electron chi connectivity index (χ1n) is 9.58. The van der Waals surface area contributed by atoms with Crippen LogP contribution < -0.4 is 5.32 Å². The number of hydrogen-bond donors (Lipinski definition) is 6. The average Bonchev–Trinajstić information content (AvgIpc) is 2.60. The number of unbranched alkanes of at least 4 members (excludes halogenated alkanes) is 9. The smallest absolute Gasteiger partial charge is 0.111 e. The molecule has 0 unspecified atom stereocenters. The van der Waals surface area contributed by atoms with Gasteiger partial charge in [-0.1, -0.05) is 64.7 Å². The Morgan fingerprint density at radius 3 is 1.62 bits per heavy atom. The zero-order chi connectivity index (χ0) is 18.2. The van der Waals surface area contributed by atoms with Gasteiger partial charge in [-0.15, -0.1) is 0 Å². The van der Waals surface area contributed by atoms with Crippen LogP contribution in [0.4, 0.5) is 0 Å². The van der Waals surface area contributed by atoms with Crippen molar-refractivity contribution < 1.29 is 25.5 Å². The molecule has 0 rings (SSSR count). The molecule has 0 heterocycles. The Kier molecular flexibility index (Phi) is 16.1. The molecule has 0 aromatic rings. The summed E-state index contributed by atoms with van der Waals surface area (Å²) in [5.41, 5.74) is 0. The Morgan fingerprint density at radius 1 is 0.667 bits per heavy atom. The molecule has 0 fully saturated rings. The first-order valence-corrected chi connectivity index (χ1v) is 9.58. The van der Waals surface area contributed by atoms with Crippen molar-refractivity contribution in [3.05, 3.63) is 0 Å². The van der Waals surface area contributed by atoms with Crippen LogP contribution >= 0.6 is 0 Å². The first kappa shape index (κ1) is 23.8. The van der Waals surface area contributed by atoms with Crippen molar-refractivity contribution in [1.29, 1.82) is 0 Å². The van der Waals surface area contributed by atoms with Crippen molar-refractivity contribution in [2.75, 3.05) is 19.7 Å². The molecule has 0 aliphatic heterocycles. The van der Waals surface area contributed by atoms with Crippen LogP contribution in [-0.4, -0.2) is 69.6 Å². The predicted octanol–water partition coefficient (Wildman–Crippen LogP) is 0.933. The lowest BCUT2D eigenvalue weighted by Crippen LogP contribution is -2.49. The Bertz CT molecular complexity index is 268. The summed E-state index contributed by atoms with van der Waals surface area (Å²) in [5.74, 6) is 0. The summed E-state index contributed by atoms with van der Waals surface area (Å²) in [7, 11) is 0. The highest BCUT2D eigenvalue weighted by molar-refractivity contribution is 4.81. The Morgan fingerprint density at radius 2 is 1.12 bits per heavy atom. The summed E-state index contributed by atoms with van der Waals surface area (Å²) in [4.78, 5) is 0. The molecule has 4 atom stereocenters. The van der Waals surface area contributed by atoms with Crippen LogP contribution in [0.25, 0.3) is 0 Å². The second-order valence-corrected chi connectivity index (χ2v) is 6.68. The fourth-order valence-corrected chi connectivity index (χ4v) is 2.67. The maximum absolute atomic E-state index is 9.73. The third kappa shape index (κ3) is 12.2. The average molecular weight is 350 g/mol. The number of hydrogen-bond acceptors (Lipinski definition) is 6. The van der Waals surface area contributed by atoms with Gasteiger partial charge in [-0.2, -0.15) is 0 Å². The third-order valence-electron chi connectivity index (χ3n) is 4.39. The van der Waals surface area contributed by atoms with Crippen LogP contribution in [-0.2, 0) is 0 Å². The third-order valence-corrected chi connectivity index (χ3v) is 4.39. The van der Waals surface area contributed by atoms with E-state index >= 15 is 0 Å². The Labute approximate surface area is 146 Å². The Balaban J connectivity index is 3.43. The van der Waals surface area contributed by atoms with Gasteiger partial charge in [-0.05, 0) is 13.0 Å². The molecule has 6 N–H and O–H groups in total. The fraction of sp³-hybridized carbons (Fsp3) is 1.00. The largest absolute Gasteiger partial charge is 0.394 e. The van der Waals surface area contributed by atoms with E-state index in [4.69, 9.17) is 5.11 Å². The molecule has 0 aliphatic rings. The molecular weight excluding hydrogens is 310 g/mol. The van der Waals surface area contributed by atoms with Gasteiger partial charge in [-0.3, -0.25) is 0 Å². The quantitative estimate of drug-likeness (QED) is 0.218. The van der Waals surface area contributed by atoms with E-state index in [9.17, 15) is 20.4 Å². The normalized spacial score (nSPS) is 16.8. The van der Waals surface area contributed by atoms with Gasteiger partial charge in [0.25, 0.3) is 0 Å². The van der Waals surface area contributed by atoms with Crippen LogP contribution in [0.15, 0.2) is 0 Å². The number of nitrogens with one attached hydrogen (secondary N) is 1. The monoisotopic (exact) mass is 349 g/mol. The van der Waals surface area contributed by atoms with E-state index in [2.05, 4.69) is 12.2 Å². The van der Waals surface area contributed by atoms with Crippen molar-refractivity contribution in [2.45, 2.75) is 95.5 Å². The highest BCUT2D eigenvalue weighted by Gasteiger charge is 2.29. The van der Waals surface area contributed by atoms with Gasteiger partial charge < -0.3 is 30.8 Å². The molecule has 0 radical (unpaired) electrons. The SMILES string of the molecule is CCCCCCCCCCCCNC[C@H](O)[C@H](O)[C@@H](O)[C@@H](O)CO. The highest BCUT2D eigenvalue weighted by atomic mass is 16.4. The molecule has 0 saturated carbocycles. The molecule has 0 amide bonds. The lowest BCUT2D eigenvalue weighted by Gasteiger charge is -2.25. The van der Waals surface area contributed by atoms with E-state index in [1.54, 1.807) is 0 Å².